The summed E-state index contributed by atoms with van der Waals surface area (Å²) in [5.74, 6) is 0. The Bertz CT molecular complexity index is 950. The van der Waals surface area contributed by atoms with Crippen LogP contribution in [0.5, 0.6) is 0 Å². The third kappa shape index (κ3) is 2.85. The van der Waals surface area contributed by atoms with Gasteiger partial charge < -0.3 is 15.5 Å². The highest BCUT2D eigenvalue weighted by Crippen LogP contribution is 2.33. The van der Waals surface area contributed by atoms with Gasteiger partial charge in [-0.15, -0.1) is 12.4 Å². The Morgan fingerprint density at radius 2 is 1.79 bits per heavy atom. The molecule has 0 aliphatic heterocycles. The number of fused-ring (bicyclic) bond motifs is 3. The monoisotopic (exact) mass is 342 g/mol. The molecule has 124 valence electrons. The molecule has 1 aromatic heterocycles. The van der Waals surface area contributed by atoms with Gasteiger partial charge in [-0.2, -0.15) is 0 Å². The van der Waals surface area contributed by atoms with E-state index in [1.165, 1.54) is 23.6 Å². The van der Waals surface area contributed by atoms with Crippen molar-refractivity contribution in [2.75, 3.05) is 11.1 Å². The van der Waals surface area contributed by atoms with Crippen LogP contribution in [0.2, 0.25) is 0 Å². The maximum Gasteiger partial charge on any atom is 0.338 e. The molecule has 0 unspecified atom stereocenters. The third-order valence-electron chi connectivity index (χ3n) is 4.47. The lowest BCUT2D eigenvalue weighted by Gasteiger charge is -2.18. The minimum Gasteiger partial charge on any atom is -0.422 e. The molecular formula is C19H19ClN2O2. The first-order valence-electron chi connectivity index (χ1n) is 7.92. The van der Waals surface area contributed by atoms with Gasteiger partial charge in [0.2, 0.25) is 0 Å². The number of aryl methyl sites for hydroxylation is 2. The average Bonchev–Trinajstić information content (AvgIpc) is 2.56. The Balaban J connectivity index is 0.00000169. The van der Waals surface area contributed by atoms with Crippen LogP contribution in [0.15, 0.2) is 51.7 Å². The Hall–Kier alpha value is -2.46. The summed E-state index contributed by atoms with van der Waals surface area (Å²) in [7, 11) is 0. The standard InChI is InChI=1S/C19H18N2O2.ClH/c20-15-7-3-4-8-16(15)21-17-11-18(22)23-19-13-6-2-1-5-12(13)9-10-14(17)19;/h3-4,7-11,21H,1-2,5-6,20H2;1H. The second-order valence-corrected chi connectivity index (χ2v) is 5.98. The van der Waals surface area contributed by atoms with Gasteiger partial charge in [0.1, 0.15) is 5.58 Å². The fraction of sp³-hybridized carbons (Fsp3) is 0.211. The van der Waals surface area contributed by atoms with E-state index in [2.05, 4.69) is 11.4 Å². The van der Waals surface area contributed by atoms with Crippen LogP contribution < -0.4 is 16.7 Å². The highest BCUT2D eigenvalue weighted by molar-refractivity contribution is 5.95. The zero-order valence-corrected chi connectivity index (χ0v) is 14.0. The number of para-hydroxylation sites is 2. The largest absolute Gasteiger partial charge is 0.422 e. The number of hydrogen-bond donors (Lipinski definition) is 2. The van der Waals surface area contributed by atoms with Gasteiger partial charge in [-0.05, 0) is 55.0 Å². The molecule has 1 aliphatic carbocycles. The van der Waals surface area contributed by atoms with Gasteiger partial charge in [0.15, 0.2) is 0 Å². The lowest BCUT2D eigenvalue weighted by molar-refractivity contribution is 0.551. The first-order chi connectivity index (χ1) is 11.2. The van der Waals surface area contributed by atoms with Crippen LogP contribution in [0, 0.1) is 0 Å². The molecule has 0 saturated carbocycles. The molecule has 0 amide bonds. The predicted molar refractivity (Wildman–Crippen MR) is 101 cm³/mol. The minimum absolute atomic E-state index is 0. The number of hydrogen-bond acceptors (Lipinski definition) is 4. The highest BCUT2D eigenvalue weighted by atomic mass is 35.5. The molecule has 24 heavy (non-hydrogen) atoms. The molecule has 0 saturated heterocycles. The van der Waals surface area contributed by atoms with Crippen molar-refractivity contribution in [2.45, 2.75) is 25.7 Å². The number of benzene rings is 2. The summed E-state index contributed by atoms with van der Waals surface area (Å²) in [6.45, 7) is 0. The van der Waals surface area contributed by atoms with Crippen LogP contribution >= 0.6 is 12.4 Å². The van der Waals surface area contributed by atoms with Crippen molar-refractivity contribution >= 4 is 40.4 Å². The fourth-order valence-corrected chi connectivity index (χ4v) is 3.31. The second-order valence-electron chi connectivity index (χ2n) is 5.98. The van der Waals surface area contributed by atoms with Crippen molar-refractivity contribution in [3.8, 4) is 0 Å². The molecule has 0 radical (unpaired) electrons. The number of nitrogens with two attached hydrogens (primary N) is 1. The zero-order valence-electron chi connectivity index (χ0n) is 13.2. The predicted octanol–water partition coefficient (Wildman–Crippen LogP) is 4.42. The third-order valence-corrected chi connectivity index (χ3v) is 4.47. The van der Waals surface area contributed by atoms with Gasteiger partial charge in [-0.25, -0.2) is 4.79 Å². The summed E-state index contributed by atoms with van der Waals surface area (Å²) in [6.07, 6.45) is 4.35. The van der Waals surface area contributed by atoms with Crippen LogP contribution in [-0.2, 0) is 12.8 Å². The van der Waals surface area contributed by atoms with E-state index in [1.807, 2.05) is 30.3 Å². The van der Waals surface area contributed by atoms with Crippen LogP contribution in [0.3, 0.4) is 0 Å². The molecule has 2 aromatic carbocycles. The number of halogens is 1. The molecule has 4 rings (SSSR count). The van der Waals surface area contributed by atoms with E-state index >= 15 is 0 Å². The smallest absolute Gasteiger partial charge is 0.338 e. The van der Waals surface area contributed by atoms with Gasteiger partial charge >= 0.3 is 5.63 Å². The summed E-state index contributed by atoms with van der Waals surface area (Å²) >= 11 is 0. The molecule has 0 spiro atoms. The number of anilines is 3. The maximum absolute atomic E-state index is 12.0. The van der Waals surface area contributed by atoms with Crippen LogP contribution in [0.1, 0.15) is 24.0 Å². The van der Waals surface area contributed by atoms with E-state index in [-0.39, 0.29) is 18.0 Å². The first-order valence-corrected chi connectivity index (χ1v) is 7.92. The van der Waals surface area contributed by atoms with Crippen molar-refractivity contribution in [3.63, 3.8) is 0 Å². The van der Waals surface area contributed by atoms with Gasteiger partial charge in [0.05, 0.1) is 17.1 Å². The highest BCUT2D eigenvalue weighted by Gasteiger charge is 2.17. The molecule has 3 aromatic rings. The van der Waals surface area contributed by atoms with E-state index in [9.17, 15) is 4.79 Å². The van der Waals surface area contributed by atoms with E-state index in [0.29, 0.717) is 11.3 Å². The summed E-state index contributed by atoms with van der Waals surface area (Å²) in [6, 6.07) is 13.2. The number of nitrogens with one attached hydrogen (secondary N) is 1. The Morgan fingerprint density at radius 3 is 2.62 bits per heavy atom. The van der Waals surface area contributed by atoms with Crippen molar-refractivity contribution < 1.29 is 4.42 Å². The normalized spacial score (nSPS) is 13.2. The molecule has 1 heterocycles. The lowest BCUT2D eigenvalue weighted by atomic mass is 9.90. The topological polar surface area (TPSA) is 68.3 Å². The van der Waals surface area contributed by atoms with Gasteiger partial charge in [0.25, 0.3) is 0 Å². The molecular weight excluding hydrogens is 324 g/mol. The van der Waals surface area contributed by atoms with Crippen LogP contribution in [-0.4, -0.2) is 0 Å². The zero-order chi connectivity index (χ0) is 15.8. The van der Waals surface area contributed by atoms with Crippen LogP contribution in [0.25, 0.3) is 11.0 Å². The molecule has 4 nitrogen and oxygen atoms in total. The molecule has 3 N–H and O–H groups in total. The van der Waals surface area contributed by atoms with Gasteiger partial charge in [-0.1, -0.05) is 18.2 Å². The summed E-state index contributed by atoms with van der Waals surface area (Å²) in [5.41, 5.74) is 11.0. The van der Waals surface area contributed by atoms with E-state index < -0.39 is 0 Å². The van der Waals surface area contributed by atoms with Gasteiger partial charge in [0, 0.05) is 11.5 Å². The van der Waals surface area contributed by atoms with Crippen molar-refractivity contribution in [3.05, 3.63) is 64.0 Å². The SMILES string of the molecule is Cl.Nc1ccccc1Nc1cc(=O)oc2c3c(ccc12)CCCC3. The Morgan fingerprint density at radius 1 is 1.00 bits per heavy atom. The van der Waals surface area contributed by atoms with Crippen molar-refractivity contribution in [1.82, 2.24) is 0 Å². The van der Waals surface area contributed by atoms with E-state index in [4.69, 9.17) is 10.2 Å². The Kier molecular flexibility index (Phi) is 4.49. The summed E-state index contributed by atoms with van der Waals surface area (Å²) in [5, 5.41) is 4.20. The van der Waals surface area contributed by atoms with Crippen molar-refractivity contribution in [1.29, 1.82) is 0 Å². The fourth-order valence-electron chi connectivity index (χ4n) is 3.31. The maximum atomic E-state index is 12.0. The average molecular weight is 343 g/mol. The lowest BCUT2D eigenvalue weighted by Crippen LogP contribution is -2.07. The Labute approximate surface area is 146 Å². The molecule has 0 fully saturated rings. The second kappa shape index (κ2) is 6.57. The van der Waals surface area contributed by atoms with Crippen LogP contribution in [0.4, 0.5) is 17.1 Å². The minimum atomic E-state index is -0.339. The summed E-state index contributed by atoms with van der Waals surface area (Å²) < 4.78 is 5.54. The molecule has 1 aliphatic rings. The summed E-state index contributed by atoms with van der Waals surface area (Å²) in [4.78, 5) is 12.0. The number of rotatable bonds is 2. The van der Waals surface area contributed by atoms with Gasteiger partial charge in [-0.3, -0.25) is 0 Å². The van der Waals surface area contributed by atoms with Crippen molar-refractivity contribution in [2.24, 2.45) is 0 Å². The molecule has 0 bridgehead atoms. The van der Waals surface area contributed by atoms with E-state index in [0.717, 1.165) is 36.0 Å². The number of nitrogen functional groups attached to an aromatic ring is 1. The molecule has 5 heteroatoms. The van der Waals surface area contributed by atoms with E-state index in [1.54, 1.807) is 0 Å². The quantitative estimate of drug-likeness (QED) is 0.534. The molecule has 0 atom stereocenters. The first kappa shape index (κ1) is 16.4.